The molecule has 128 valence electrons. The van der Waals surface area contributed by atoms with Crippen molar-refractivity contribution in [3.05, 3.63) is 59.4 Å². The zero-order valence-corrected chi connectivity index (χ0v) is 12.9. The first-order valence-corrected chi connectivity index (χ1v) is 7.11. The van der Waals surface area contributed by atoms with E-state index in [4.69, 9.17) is 4.74 Å². The van der Waals surface area contributed by atoms with Crippen molar-refractivity contribution in [3.8, 4) is 11.5 Å². The molecule has 2 aromatic carbocycles. The van der Waals surface area contributed by atoms with E-state index < -0.39 is 12.4 Å². The Bertz CT molecular complexity index is 707. The van der Waals surface area contributed by atoms with E-state index in [9.17, 15) is 18.0 Å². The van der Waals surface area contributed by atoms with E-state index in [1.807, 2.05) is 0 Å². The van der Waals surface area contributed by atoms with E-state index in [1.165, 1.54) is 37.4 Å². The highest BCUT2D eigenvalue weighted by atomic mass is 19.3. The molecule has 0 bridgehead atoms. The van der Waals surface area contributed by atoms with Crippen LogP contribution >= 0.6 is 0 Å². The van der Waals surface area contributed by atoms with Gasteiger partial charge in [0.2, 0.25) is 5.91 Å². The van der Waals surface area contributed by atoms with Gasteiger partial charge in [-0.05, 0) is 29.3 Å². The zero-order chi connectivity index (χ0) is 17.5. The molecule has 4 nitrogen and oxygen atoms in total. The lowest BCUT2D eigenvalue weighted by Crippen LogP contribution is -2.25. The molecular formula is C17H16F3NO3. The normalized spacial score (nSPS) is 10.5. The van der Waals surface area contributed by atoms with Crippen LogP contribution in [0.15, 0.2) is 42.5 Å². The van der Waals surface area contributed by atoms with Crippen LogP contribution in [0, 0.1) is 5.82 Å². The lowest BCUT2D eigenvalue weighted by atomic mass is 10.1. The number of nitrogens with one attached hydrogen (secondary N) is 1. The van der Waals surface area contributed by atoms with Crippen molar-refractivity contribution in [1.82, 2.24) is 5.32 Å². The predicted octanol–water partition coefficient (Wildman–Crippen LogP) is 3.29. The fraction of sp³-hybridized carbons (Fsp3) is 0.235. The molecule has 0 fully saturated rings. The molecule has 1 amide bonds. The number of halogens is 3. The second kappa shape index (κ2) is 8.24. The number of hydrogen-bond donors (Lipinski definition) is 1. The Morgan fingerprint density at radius 2 is 1.92 bits per heavy atom. The van der Waals surface area contributed by atoms with Gasteiger partial charge in [-0.15, -0.1) is 0 Å². The second-order valence-electron chi connectivity index (χ2n) is 4.91. The Morgan fingerprint density at radius 3 is 2.58 bits per heavy atom. The standard InChI is InChI=1S/C17H16F3NO3/c1-23-15-8-11(6-7-14(15)24-17(19)20)10-21-16(22)9-12-4-2-3-5-13(12)18/h2-8,17H,9-10H2,1H3,(H,21,22). The van der Waals surface area contributed by atoms with Crippen molar-refractivity contribution >= 4 is 5.91 Å². The topological polar surface area (TPSA) is 47.6 Å². The molecule has 0 saturated carbocycles. The molecule has 7 heteroatoms. The average molecular weight is 339 g/mol. The Morgan fingerprint density at radius 1 is 1.17 bits per heavy atom. The second-order valence-corrected chi connectivity index (χ2v) is 4.91. The van der Waals surface area contributed by atoms with Crippen LogP contribution in [0.1, 0.15) is 11.1 Å². The number of rotatable bonds is 7. The maximum atomic E-state index is 13.5. The zero-order valence-electron chi connectivity index (χ0n) is 12.9. The van der Waals surface area contributed by atoms with Crippen LogP contribution in [0.2, 0.25) is 0 Å². The Kier molecular flexibility index (Phi) is 6.06. The average Bonchev–Trinajstić information content (AvgIpc) is 2.55. The fourth-order valence-corrected chi connectivity index (χ4v) is 2.09. The third-order valence-electron chi connectivity index (χ3n) is 3.24. The van der Waals surface area contributed by atoms with Crippen LogP contribution in [0.3, 0.4) is 0 Å². The SMILES string of the molecule is COc1cc(CNC(=O)Cc2ccccc2F)ccc1OC(F)F. The van der Waals surface area contributed by atoms with Crippen LogP contribution < -0.4 is 14.8 Å². The van der Waals surface area contributed by atoms with Gasteiger partial charge in [0.05, 0.1) is 13.5 Å². The lowest BCUT2D eigenvalue weighted by molar-refractivity contribution is -0.120. The molecule has 0 heterocycles. The fourth-order valence-electron chi connectivity index (χ4n) is 2.09. The first-order chi connectivity index (χ1) is 11.5. The van der Waals surface area contributed by atoms with Gasteiger partial charge in [0.25, 0.3) is 0 Å². The summed E-state index contributed by atoms with van der Waals surface area (Å²) in [5.74, 6) is -0.750. The van der Waals surface area contributed by atoms with Crippen LogP contribution in [-0.2, 0) is 17.8 Å². The highest BCUT2D eigenvalue weighted by molar-refractivity contribution is 5.78. The Labute approximate surface area is 137 Å². The van der Waals surface area contributed by atoms with Gasteiger partial charge in [0, 0.05) is 6.54 Å². The van der Waals surface area contributed by atoms with Crippen LogP contribution in [0.5, 0.6) is 11.5 Å². The summed E-state index contributed by atoms with van der Waals surface area (Å²) in [6.45, 7) is -2.80. The minimum absolute atomic E-state index is 0.0869. The largest absolute Gasteiger partial charge is 0.493 e. The molecule has 0 aliphatic carbocycles. The van der Waals surface area contributed by atoms with Gasteiger partial charge in [-0.3, -0.25) is 4.79 Å². The van der Waals surface area contributed by atoms with Crippen molar-refractivity contribution in [1.29, 1.82) is 0 Å². The van der Waals surface area contributed by atoms with Gasteiger partial charge in [-0.25, -0.2) is 4.39 Å². The molecule has 2 aromatic rings. The number of hydrogen-bond acceptors (Lipinski definition) is 3. The summed E-state index contributed by atoms with van der Waals surface area (Å²) in [4.78, 5) is 11.9. The number of amides is 1. The van der Waals surface area contributed by atoms with Gasteiger partial charge in [-0.2, -0.15) is 8.78 Å². The number of benzene rings is 2. The van der Waals surface area contributed by atoms with Crippen molar-refractivity contribution in [2.24, 2.45) is 0 Å². The number of ether oxygens (including phenoxy) is 2. The maximum Gasteiger partial charge on any atom is 0.387 e. The van der Waals surface area contributed by atoms with E-state index in [1.54, 1.807) is 12.1 Å². The minimum Gasteiger partial charge on any atom is -0.493 e. The number of carbonyl (C=O) groups is 1. The maximum absolute atomic E-state index is 13.5. The van der Waals surface area contributed by atoms with Crippen LogP contribution in [0.4, 0.5) is 13.2 Å². The van der Waals surface area contributed by atoms with E-state index in [0.29, 0.717) is 11.1 Å². The highest BCUT2D eigenvalue weighted by Crippen LogP contribution is 2.29. The highest BCUT2D eigenvalue weighted by Gasteiger charge is 2.12. The Hall–Kier alpha value is -2.70. The van der Waals surface area contributed by atoms with Crippen molar-refractivity contribution < 1.29 is 27.4 Å². The van der Waals surface area contributed by atoms with E-state index in [2.05, 4.69) is 10.1 Å². The van der Waals surface area contributed by atoms with Gasteiger partial charge in [0.15, 0.2) is 11.5 Å². The molecule has 0 aliphatic heterocycles. The summed E-state index contributed by atoms with van der Waals surface area (Å²) in [6.07, 6.45) is -0.0869. The molecule has 0 radical (unpaired) electrons. The molecular weight excluding hydrogens is 323 g/mol. The van der Waals surface area contributed by atoms with Crippen LogP contribution in [0.25, 0.3) is 0 Å². The summed E-state index contributed by atoms with van der Waals surface area (Å²) in [5, 5.41) is 2.64. The summed E-state index contributed by atoms with van der Waals surface area (Å²) in [5.41, 5.74) is 0.934. The molecule has 0 atom stereocenters. The lowest BCUT2D eigenvalue weighted by Gasteiger charge is -2.12. The monoisotopic (exact) mass is 339 g/mol. The molecule has 24 heavy (non-hydrogen) atoms. The van der Waals surface area contributed by atoms with Crippen molar-refractivity contribution in [3.63, 3.8) is 0 Å². The van der Waals surface area contributed by atoms with Crippen LogP contribution in [-0.4, -0.2) is 19.6 Å². The van der Waals surface area contributed by atoms with Crippen molar-refractivity contribution in [2.45, 2.75) is 19.6 Å². The van der Waals surface area contributed by atoms with Gasteiger partial charge < -0.3 is 14.8 Å². The molecule has 0 spiro atoms. The van der Waals surface area contributed by atoms with E-state index in [-0.39, 0.29) is 30.4 Å². The molecule has 1 N–H and O–H groups in total. The van der Waals surface area contributed by atoms with Crippen molar-refractivity contribution in [2.75, 3.05) is 7.11 Å². The quantitative estimate of drug-likeness (QED) is 0.842. The summed E-state index contributed by atoms with van der Waals surface area (Å²) in [7, 11) is 1.33. The van der Waals surface area contributed by atoms with Gasteiger partial charge in [-0.1, -0.05) is 24.3 Å². The smallest absolute Gasteiger partial charge is 0.387 e. The predicted molar refractivity (Wildman–Crippen MR) is 81.6 cm³/mol. The molecule has 0 aromatic heterocycles. The number of alkyl halides is 2. The molecule has 0 aliphatic rings. The van der Waals surface area contributed by atoms with E-state index in [0.717, 1.165) is 0 Å². The first-order valence-electron chi connectivity index (χ1n) is 7.11. The third kappa shape index (κ3) is 4.91. The summed E-state index contributed by atoms with van der Waals surface area (Å²) in [6, 6.07) is 10.4. The molecule has 2 rings (SSSR count). The third-order valence-corrected chi connectivity index (χ3v) is 3.24. The van der Waals surface area contributed by atoms with E-state index >= 15 is 0 Å². The van der Waals surface area contributed by atoms with Gasteiger partial charge in [0.1, 0.15) is 5.82 Å². The minimum atomic E-state index is -2.95. The molecule has 0 saturated heterocycles. The number of carbonyl (C=O) groups excluding carboxylic acids is 1. The summed E-state index contributed by atoms with van der Waals surface area (Å²) >= 11 is 0. The number of methoxy groups -OCH3 is 1. The van der Waals surface area contributed by atoms with Gasteiger partial charge >= 0.3 is 6.61 Å². The molecule has 0 unspecified atom stereocenters. The Balaban J connectivity index is 1.96. The summed E-state index contributed by atoms with van der Waals surface area (Å²) < 4.78 is 47.3. The first kappa shape index (κ1) is 17.7.